The molecule has 2 aliphatic rings. The molecule has 0 radical (unpaired) electrons. The summed E-state index contributed by atoms with van der Waals surface area (Å²) >= 11 is 0. The number of aromatic nitrogens is 1. The maximum Gasteiger partial charge on any atom is 0.272 e. The molecule has 1 atom stereocenters. The van der Waals surface area contributed by atoms with Crippen LogP contribution in [0.4, 0.5) is 5.82 Å². The SMILES string of the molecule is C[C@H](Nc1ccc(S(=O)(=O)N2CCOCC2)c[nH+]1)c1ccc2c(c1)OCCO2. The van der Waals surface area contributed by atoms with Gasteiger partial charge in [-0.2, -0.15) is 4.31 Å². The number of morpholine rings is 1. The van der Waals surface area contributed by atoms with E-state index in [0.29, 0.717) is 39.5 Å². The van der Waals surface area contributed by atoms with E-state index in [-0.39, 0.29) is 10.9 Å². The molecule has 3 heterocycles. The fourth-order valence-electron chi connectivity index (χ4n) is 3.24. The molecule has 150 valence electrons. The Morgan fingerprint density at radius 3 is 2.50 bits per heavy atom. The first-order valence-corrected chi connectivity index (χ1v) is 10.7. The average molecular weight is 406 g/mol. The second kappa shape index (κ2) is 7.94. The van der Waals surface area contributed by atoms with Crippen molar-refractivity contribution in [2.45, 2.75) is 17.9 Å². The lowest BCUT2D eigenvalue weighted by Crippen LogP contribution is -2.40. The molecule has 1 aromatic heterocycles. The maximum atomic E-state index is 12.7. The second-order valence-corrected chi connectivity index (χ2v) is 8.66. The highest BCUT2D eigenvalue weighted by atomic mass is 32.2. The Kier molecular flexibility index (Phi) is 5.38. The van der Waals surface area contributed by atoms with Crippen LogP contribution in [-0.4, -0.2) is 52.2 Å². The second-order valence-electron chi connectivity index (χ2n) is 6.72. The first-order chi connectivity index (χ1) is 13.5. The van der Waals surface area contributed by atoms with Gasteiger partial charge in [-0.1, -0.05) is 6.07 Å². The smallest absolute Gasteiger partial charge is 0.272 e. The van der Waals surface area contributed by atoms with Gasteiger partial charge >= 0.3 is 0 Å². The summed E-state index contributed by atoms with van der Waals surface area (Å²) in [5.41, 5.74) is 1.04. The first-order valence-electron chi connectivity index (χ1n) is 9.30. The summed E-state index contributed by atoms with van der Waals surface area (Å²) in [6, 6.07) is 9.20. The number of fused-ring (bicyclic) bond motifs is 1. The fraction of sp³-hybridized carbons (Fsp3) is 0.421. The van der Waals surface area contributed by atoms with Crippen LogP contribution in [0.1, 0.15) is 18.5 Å². The molecule has 4 rings (SSSR count). The van der Waals surface area contributed by atoms with Crippen molar-refractivity contribution >= 4 is 15.8 Å². The lowest BCUT2D eigenvalue weighted by Gasteiger charge is -2.25. The minimum absolute atomic E-state index is 0.00576. The summed E-state index contributed by atoms with van der Waals surface area (Å²) in [6.07, 6.45) is 1.52. The van der Waals surface area contributed by atoms with E-state index in [9.17, 15) is 8.42 Å². The summed E-state index contributed by atoms with van der Waals surface area (Å²) in [7, 11) is -3.51. The van der Waals surface area contributed by atoms with Gasteiger partial charge in [-0.05, 0) is 30.7 Å². The Balaban J connectivity index is 1.45. The van der Waals surface area contributed by atoms with E-state index in [1.807, 2.05) is 25.1 Å². The standard InChI is InChI=1S/C19H23N3O5S/c1-14(15-2-4-17-18(12-15)27-11-10-26-17)21-19-5-3-16(13-20-19)28(23,24)22-6-8-25-9-7-22/h2-5,12-14H,6-11H2,1H3,(H,20,21)/p+1/t14-/m0/s1. The number of ether oxygens (including phenoxy) is 3. The largest absolute Gasteiger partial charge is 0.486 e. The summed E-state index contributed by atoms with van der Waals surface area (Å²) in [5, 5.41) is 3.34. The first kappa shape index (κ1) is 19.0. The molecule has 2 N–H and O–H groups in total. The van der Waals surface area contributed by atoms with Crippen LogP contribution >= 0.6 is 0 Å². The van der Waals surface area contributed by atoms with Crippen LogP contribution in [0.5, 0.6) is 11.5 Å². The van der Waals surface area contributed by atoms with Crippen LogP contribution in [0, 0.1) is 0 Å². The van der Waals surface area contributed by atoms with Gasteiger partial charge in [-0.25, -0.2) is 13.4 Å². The molecule has 28 heavy (non-hydrogen) atoms. The number of aromatic amines is 1. The lowest BCUT2D eigenvalue weighted by atomic mass is 10.1. The van der Waals surface area contributed by atoms with Crippen LogP contribution in [-0.2, 0) is 14.8 Å². The molecule has 0 saturated carbocycles. The number of benzene rings is 1. The molecule has 9 heteroatoms. The molecule has 8 nitrogen and oxygen atoms in total. The molecule has 0 bridgehead atoms. The average Bonchev–Trinajstić information content (AvgIpc) is 2.74. The third-order valence-corrected chi connectivity index (χ3v) is 6.72. The quantitative estimate of drug-likeness (QED) is 0.809. The van der Waals surface area contributed by atoms with E-state index in [0.717, 1.165) is 22.9 Å². The van der Waals surface area contributed by atoms with Crippen molar-refractivity contribution in [1.82, 2.24) is 4.31 Å². The van der Waals surface area contributed by atoms with Crippen LogP contribution in [0.2, 0.25) is 0 Å². The number of H-pyrrole nitrogens is 1. The molecule has 0 unspecified atom stereocenters. The Morgan fingerprint density at radius 1 is 1.04 bits per heavy atom. The number of rotatable bonds is 5. The zero-order chi connectivity index (χ0) is 19.6. The minimum atomic E-state index is -3.51. The van der Waals surface area contributed by atoms with E-state index in [2.05, 4.69) is 10.3 Å². The zero-order valence-electron chi connectivity index (χ0n) is 15.7. The van der Waals surface area contributed by atoms with Crippen molar-refractivity contribution in [2.24, 2.45) is 0 Å². The number of pyridine rings is 1. The van der Waals surface area contributed by atoms with Gasteiger partial charge in [0.2, 0.25) is 10.0 Å². The molecule has 1 aromatic carbocycles. The Bertz CT molecular complexity index is 927. The molecule has 0 aliphatic carbocycles. The van der Waals surface area contributed by atoms with Gasteiger partial charge in [0.15, 0.2) is 11.5 Å². The predicted molar refractivity (Wildman–Crippen MR) is 102 cm³/mol. The number of anilines is 1. The molecular weight excluding hydrogens is 382 g/mol. The van der Waals surface area contributed by atoms with Crippen LogP contribution in [0.15, 0.2) is 41.4 Å². The molecule has 2 aliphatic heterocycles. The molecular formula is C19H24N3O5S+. The summed E-state index contributed by atoms with van der Waals surface area (Å²) < 4.78 is 43.2. The van der Waals surface area contributed by atoms with E-state index in [4.69, 9.17) is 14.2 Å². The van der Waals surface area contributed by atoms with Crippen molar-refractivity contribution in [3.63, 3.8) is 0 Å². The van der Waals surface area contributed by atoms with Crippen molar-refractivity contribution in [1.29, 1.82) is 0 Å². The van der Waals surface area contributed by atoms with Gasteiger partial charge in [-0.15, -0.1) is 0 Å². The Labute approximate surface area is 164 Å². The van der Waals surface area contributed by atoms with Gasteiger partial charge in [0.25, 0.3) is 5.82 Å². The van der Waals surface area contributed by atoms with Crippen molar-refractivity contribution in [3.05, 3.63) is 42.1 Å². The van der Waals surface area contributed by atoms with Crippen LogP contribution < -0.4 is 19.8 Å². The molecule has 2 aromatic rings. The molecule has 1 fully saturated rings. The molecule has 1 saturated heterocycles. The van der Waals surface area contributed by atoms with E-state index >= 15 is 0 Å². The fourth-order valence-corrected chi connectivity index (χ4v) is 4.62. The topological polar surface area (TPSA) is 91.2 Å². The zero-order valence-corrected chi connectivity index (χ0v) is 16.5. The van der Waals surface area contributed by atoms with Crippen LogP contribution in [0.25, 0.3) is 0 Å². The number of nitrogens with one attached hydrogen (secondary N) is 2. The highest BCUT2D eigenvalue weighted by Crippen LogP contribution is 2.33. The molecule has 0 spiro atoms. The Morgan fingerprint density at radius 2 is 1.79 bits per heavy atom. The highest BCUT2D eigenvalue weighted by molar-refractivity contribution is 7.89. The number of hydrogen-bond donors (Lipinski definition) is 1. The van der Waals surface area contributed by atoms with Crippen molar-refractivity contribution in [2.75, 3.05) is 44.8 Å². The third-order valence-electron chi connectivity index (χ3n) is 4.83. The number of nitrogens with zero attached hydrogens (tertiary/aromatic N) is 1. The van der Waals surface area contributed by atoms with Crippen LogP contribution in [0.3, 0.4) is 0 Å². The normalized spacial score (nSPS) is 18.5. The molecule has 0 amide bonds. The highest BCUT2D eigenvalue weighted by Gasteiger charge is 2.27. The van der Waals surface area contributed by atoms with Crippen molar-refractivity contribution < 1.29 is 27.6 Å². The summed E-state index contributed by atoms with van der Waals surface area (Å²) in [6.45, 7) is 4.75. The number of sulfonamides is 1. The van der Waals surface area contributed by atoms with Gasteiger partial charge in [0.1, 0.15) is 30.3 Å². The third kappa shape index (κ3) is 3.91. The van der Waals surface area contributed by atoms with E-state index in [1.54, 1.807) is 12.1 Å². The van der Waals surface area contributed by atoms with Gasteiger partial charge in [0.05, 0.1) is 13.2 Å². The Hall–Kier alpha value is -2.36. The van der Waals surface area contributed by atoms with Gasteiger partial charge in [0, 0.05) is 19.2 Å². The summed E-state index contributed by atoms with van der Waals surface area (Å²) in [4.78, 5) is 3.28. The lowest BCUT2D eigenvalue weighted by molar-refractivity contribution is -0.364. The predicted octanol–water partition coefficient (Wildman–Crippen LogP) is 1.47. The maximum absolute atomic E-state index is 12.7. The monoisotopic (exact) mass is 406 g/mol. The van der Waals surface area contributed by atoms with Gasteiger partial charge < -0.3 is 14.2 Å². The minimum Gasteiger partial charge on any atom is -0.486 e. The summed E-state index contributed by atoms with van der Waals surface area (Å²) in [5.74, 6) is 2.23. The van der Waals surface area contributed by atoms with Gasteiger partial charge in [-0.3, -0.25) is 5.32 Å². The number of hydrogen-bond acceptors (Lipinski definition) is 6. The van der Waals surface area contributed by atoms with E-state index in [1.165, 1.54) is 10.5 Å². The van der Waals surface area contributed by atoms with Crippen molar-refractivity contribution in [3.8, 4) is 11.5 Å². The van der Waals surface area contributed by atoms with E-state index < -0.39 is 10.0 Å².